The SMILES string of the molecule is CN(C)Cc1cccc(CCCC=O)c1. The molecule has 1 rings (SSSR count). The van der Waals surface area contributed by atoms with Crippen LogP contribution < -0.4 is 0 Å². The summed E-state index contributed by atoms with van der Waals surface area (Å²) >= 11 is 0. The molecule has 0 radical (unpaired) electrons. The number of carbonyl (C=O) groups excluding carboxylic acids is 1. The summed E-state index contributed by atoms with van der Waals surface area (Å²) in [6, 6.07) is 8.59. The fourth-order valence-electron chi connectivity index (χ4n) is 1.64. The summed E-state index contributed by atoms with van der Waals surface area (Å²) in [6.07, 6.45) is 3.61. The minimum atomic E-state index is 0.665. The van der Waals surface area contributed by atoms with E-state index in [1.807, 2.05) is 0 Å². The molecule has 0 amide bonds. The largest absolute Gasteiger partial charge is 0.305 e. The maximum Gasteiger partial charge on any atom is 0.120 e. The minimum absolute atomic E-state index is 0.665. The first-order valence-electron chi connectivity index (χ1n) is 5.38. The maximum atomic E-state index is 10.2. The van der Waals surface area contributed by atoms with E-state index in [1.54, 1.807) is 0 Å². The molecule has 0 bridgehead atoms. The topological polar surface area (TPSA) is 20.3 Å². The molecule has 0 N–H and O–H groups in total. The standard InChI is InChI=1S/C13H19NO/c1-14(2)11-13-8-5-7-12(10-13)6-3-4-9-15/h5,7-10H,3-4,6,11H2,1-2H3. The molecule has 0 aliphatic heterocycles. The van der Waals surface area contributed by atoms with E-state index in [-0.39, 0.29) is 0 Å². The van der Waals surface area contributed by atoms with E-state index < -0.39 is 0 Å². The molecule has 0 fully saturated rings. The monoisotopic (exact) mass is 205 g/mol. The lowest BCUT2D eigenvalue weighted by Gasteiger charge is -2.10. The molecule has 2 heteroatoms. The van der Waals surface area contributed by atoms with E-state index in [0.29, 0.717) is 6.42 Å². The van der Waals surface area contributed by atoms with Gasteiger partial charge in [-0.05, 0) is 38.1 Å². The fraction of sp³-hybridized carbons (Fsp3) is 0.462. The fourth-order valence-corrected chi connectivity index (χ4v) is 1.64. The van der Waals surface area contributed by atoms with Gasteiger partial charge in [-0.25, -0.2) is 0 Å². The molecule has 0 aliphatic rings. The van der Waals surface area contributed by atoms with Gasteiger partial charge in [0.05, 0.1) is 0 Å². The summed E-state index contributed by atoms with van der Waals surface area (Å²) in [5.41, 5.74) is 2.67. The number of hydrogen-bond donors (Lipinski definition) is 0. The predicted octanol–water partition coefficient (Wildman–Crippen LogP) is 2.27. The molecule has 0 unspecified atom stereocenters. The molecule has 0 saturated carbocycles. The van der Waals surface area contributed by atoms with Gasteiger partial charge in [-0.1, -0.05) is 24.3 Å². The molecule has 1 aromatic rings. The Morgan fingerprint density at radius 1 is 1.27 bits per heavy atom. The maximum absolute atomic E-state index is 10.2. The molecular formula is C13H19NO. The predicted molar refractivity (Wildman–Crippen MR) is 62.8 cm³/mol. The van der Waals surface area contributed by atoms with Crippen molar-refractivity contribution in [3.05, 3.63) is 35.4 Å². The number of benzene rings is 1. The van der Waals surface area contributed by atoms with E-state index in [9.17, 15) is 4.79 Å². The highest BCUT2D eigenvalue weighted by atomic mass is 16.1. The van der Waals surface area contributed by atoms with Crippen LogP contribution >= 0.6 is 0 Å². The Hall–Kier alpha value is -1.15. The summed E-state index contributed by atoms with van der Waals surface area (Å²) in [4.78, 5) is 12.4. The summed E-state index contributed by atoms with van der Waals surface area (Å²) in [5, 5.41) is 0. The first kappa shape index (κ1) is 11.9. The van der Waals surface area contributed by atoms with Gasteiger partial charge in [0.25, 0.3) is 0 Å². The van der Waals surface area contributed by atoms with Crippen molar-refractivity contribution in [1.29, 1.82) is 0 Å². The summed E-state index contributed by atoms with van der Waals surface area (Å²) < 4.78 is 0. The Bertz CT molecular complexity index is 307. The smallest absolute Gasteiger partial charge is 0.120 e. The number of rotatable bonds is 6. The summed E-state index contributed by atoms with van der Waals surface area (Å²) in [5.74, 6) is 0. The molecule has 0 saturated heterocycles. The quantitative estimate of drug-likeness (QED) is 0.524. The van der Waals surface area contributed by atoms with Gasteiger partial charge < -0.3 is 9.69 Å². The van der Waals surface area contributed by atoms with Gasteiger partial charge in [0, 0.05) is 13.0 Å². The van der Waals surface area contributed by atoms with Crippen molar-refractivity contribution in [3.8, 4) is 0 Å². The van der Waals surface area contributed by atoms with Crippen LogP contribution in [0.1, 0.15) is 24.0 Å². The van der Waals surface area contributed by atoms with Crippen LogP contribution in [0.15, 0.2) is 24.3 Å². The zero-order valence-corrected chi connectivity index (χ0v) is 9.57. The summed E-state index contributed by atoms with van der Waals surface area (Å²) in [7, 11) is 4.14. The van der Waals surface area contributed by atoms with Crippen molar-refractivity contribution in [2.45, 2.75) is 25.8 Å². The molecule has 0 atom stereocenters. The molecule has 0 heterocycles. The van der Waals surface area contributed by atoms with Crippen LogP contribution in [-0.2, 0) is 17.8 Å². The Kier molecular flexibility index (Phi) is 5.05. The van der Waals surface area contributed by atoms with Gasteiger partial charge in [-0.2, -0.15) is 0 Å². The van der Waals surface area contributed by atoms with Crippen molar-refractivity contribution in [3.63, 3.8) is 0 Å². The number of unbranched alkanes of at least 4 members (excludes halogenated alkanes) is 1. The average molecular weight is 205 g/mol. The van der Waals surface area contributed by atoms with Crippen molar-refractivity contribution in [1.82, 2.24) is 4.90 Å². The lowest BCUT2D eigenvalue weighted by molar-refractivity contribution is -0.107. The highest BCUT2D eigenvalue weighted by Gasteiger charge is 1.97. The van der Waals surface area contributed by atoms with Crippen molar-refractivity contribution < 1.29 is 4.79 Å². The second-order valence-electron chi connectivity index (χ2n) is 4.12. The van der Waals surface area contributed by atoms with Gasteiger partial charge in [0.2, 0.25) is 0 Å². The van der Waals surface area contributed by atoms with E-state index >= 15 is 0 Å². The Balaban J connectivity index is 2.53. The lowest BCUT2D eigenvalue weighted by Crippen LogP contribution is -2.10. The van der Waals surface area contributed by atoms with E-state index in [0.717, 1.165) is 25.7 Å². The first-order chi connectivity index (χ1) is 7.22. The van der Waals surface area contributed by atoms with Crippen LogP contribution in [0.2, 0.25) is 0 Å². The highest BCUT2D eigenvalue weighted by Crippen LogP contribution is 2.09. The Labute approximate surface area is 91.9 Å². The Morgan fingerprint density at radius 2 is 2.00 bits per heavy atom. The van der Waals surface area contributed by atoms with Crippen LogP contribution in [-0.4, -0.2) is 25.3 Å². The van der Waals surface area contributed by atoms with Gasteiger partial charge in [-0.15, -0.1) is 0 Å². The van der Waals surface area contributed by atoms with Gasteiger partial charge in [0.15, 0.2) is 0 Å². The highest BCUT2D eigenvalue weighted by molar-refractivity contribution is 5.49. The van der Waals surface area contributed by atoms with Crippen LogP contribution in [0.5, 0.6) is 0 Å². The third-order valence-corrected chi connectivity index (χ3v) is 2.28. The number of aryl methyl sites for hydroxylation is 1. The average Bonchev–Trinajstić information content (AvgIpc) is 2.18. The molecule has 82 valence electrons. The molecule has 0 aliphatic carbocycles. The van der Waals surface area contributed by atoms with Crippen molar-refractivity contribution in [2.75, 3.05) is 14.1 Å². The summed E-state index contributed by atoms with van der Waals surface area (Å²) in [6.45, 7) is 0.974. The molecule has 2 nitrogen and oxygen atoms in total. The number of aldehydes is 1. The van der Waals surface area contributed by atoms with Crippen LogP contribution in [0.25, 0.3) is 0 Å². The second-order valence-corrected chi connectivity index (χ2v) is 4.12. The van der Waals surface area contributed by atoms with E-state index in [1.165, 1.54) is 11.1 Å². The molecule has 15 heavy (non-hydrogen) atoms. The van der Waals surface area contributed by atoms with Gasteiger partial charge in [0.1, 0.15) is 6.29 Å². The number of nitrogens with zero attached hydrogens (tertiary/aromatic N) is 1. The van der Waals surface area contributed by atoms with E-state index in [4.69, 9.17) is 0 Å². The normalized spacial score (nSPS) is 10.6. The molecular weight excluding hydrogens is 186 g/mol. The number of carbonyl (C=O) groups is 1. The second kappa shape index (κ2) is 6.36. The third kappa shape index (κ3) is 4.75. The van der Waals surface area contributed by atoms with Crippen LogP contribution in [0.3, 0.4) is 0 Å². The van der Waals surface area contributed by atoms with Gasteiger partial charge >= 0.3 is 0 Å². The van der Waals surface area contributed by atoms with Crippen molar-refractivity contribution in [2.24, 2.45) is 0 Å². The zero-order chi connectivity index (χ0) is 11.1. The molecule has 0 aromatic heterocycles. The minimum Gasteiger partial charge on any atom is -0.305 e. The Morgan fingerprint density at radius 3 is 2.67 bits per heavy atom. The van der Waals surface area contributed by atoms with Gasteiger partial charge in [-0.3, -0.25) is 0 Å². The van der Waals surface area contributed by atoms with Crippen LogP contribution in [0.4, 0.5) is 0 Å². The third-order valence-electron chi connectivity index (χ3n) is 2.28. The first-order valence-corrected chi connectivity index (χ1v) is 5.38. The lowest BCUT2D eigenvalue weighted by atomic mass is 10.1. The zero-order valence-electron chi connectivity index (χ0n) is 9.57. The van der Waals surface area contributed by atoms with Crippen LogP contribution in [0, 0.1) is 0 Å². The van der Waals surface area contributed by atoms with Crippen molar-refractivity contribution >= 4 is 6.29 Å². The molecule has 1 aromatic carbocycles. The molecule has 0 spiro atoms. The van der Waals surface area contributed by atoms with E-state index in [2.05, 4.69) is 43.3 Å². The number of hydrogen-bond acceptors (Lipinski definition) is 2.